The lowest BCUT2D eigenvalue weighted by molar-refractivity contribution is -0.129. The lowest BCUT2D eigenvalue weighted by Gasteiger charge is -2.18. The fourth-order valence-electron chi connectivity index (χ4n) is 2.16. The van der Waals surface area contributed by atoms with E-state index in [0.29, 0.717) is 23.9 Å². The van der Waals surface area contributed by atoms with Gasteiger partial charge in [0.1, 0.15) is 18.1 Å². The van der Waals surface area contributed by atoms with Crippen LogP contribution in [0.2, 0.25) is 10.0 Å². The van der Waals surface area contributed by atoms with Crippen molar-refractivity contribution in [1.82, 2.24) is 10.2 Å². The Morgan fingerprint density at radius 3 is 2.37 bits per heavy atom. The van der Waals surface area contributed by atoms with Gasteiger partial charge in [0.2, 0.25) is 5.91 Å². The van der Waals surface area contributed by atoms with Crippen molar-refractivity contribution in [2.45, 2.75) is 0 Å². The molecule has 0 saturated heterocycles. The van der Waals surface area contributed by atoms with E-state index in [1.807, 2.05) is 0 Å². The van der Waals surface area contributed by atoms with Gasteiger partial charge < -0.3 is 19.7 Å². The van der Waals surface area contributed by atoms with E-state index in [4.69, 9.17) is 32.7 Å². The second kappa shape index (κ2) is 10.0. The molecule has 0 atom stereocenters. The lowest BCUT2D eigenvalue weighted by atomic mass is 10.2. The average Bonchev–Trinajstić information content (AvgIpc) is 2.66. The minimum atomic E-state index is -0.437. The molecule has 2 aromatic rings. The third-order valence-corrected chi connectivity index (χ3v) is 4.30. The van der Waals surface area contributed by atoms with Gasteiger partial charge in [0.15, 0.2) is 0 Å². The molecule has 2 rings (SSSR count). The van der Waals surface area contributed by atoms with Gasteiger partial charge in [-0.05, 0) is 42.5 Å². The van der Waals surface area contributed by atoms with E-state index in [1.54, 1.807) is 44.5 Å². The fraction of sp³-hybridized carbons (Fsp3) is 0.263. The van der Waals surface area contributed by atoms with Crippen molar-refractivity contribution >= 4 is 35.0 Å². The molecule has 0 bridgehead atoms. The average molecular weight is 411 g/mol. The number of nitrogens with zero attached hydrogens (tertiary/aromatic N) is 1. The zero-order chi connectivity index (χ0) is 19.8. The molecule has 0 unspecified atom stereocenters. The van der Waals surface area contributed by atoms with Crippen LogP contribution >= 0.6 is 23.2 Å². The van der Waals surface area contributed by atoms with Crippen molar-refractivity contribution in [2.24, 2.45) is 0 Å². The Kier molecular flexibility index (Phi) is 7.76. The Morgan fingerprint density at radius 1 is 1.07 bits per heavy atom. The van der Waals surface area contributed by atoms with Gasteiger partial charge in [0, 0.05) is 12.1 Å². The third kappa shape index (κ3) is 6.34. The van der Waals surface area contributed by atoms with Gasteiger partial charge in [-0.25, -0.2) is 0 Å². The SMILES string of the molecule is COc1ccc(OCCN(C)C(=O)CNC(=O)c2ccc(Cl)cc2Cl)cc1. The maximum atomic E-state index is 12.1. The smallest absolute Gasteiger partial charge is 0.253 e. The number of carbonyl (C=O) groups excluding carboxylic acids is 2. The van der Waals surface area contributed by atoms with E-state index in [9.17, 15) is 9.59 Å². The van der Waals surface area contributed by atoms with Gasteiger partial charge >= 0.3 is 0 Å². The molecule has 0 aliphatic carbocycles. The van der Waals surface area contributed by atoms with Crippen LogP contribution in [-0.2, 0) is 4.79 Å². The highest BCUT2D eigenvalue weighted by molar-refractivity contribution is 6.36. The van der Waals surface area contributed by atoms with Crippen molar-refractivity contribution in [3.63, 3.8) is 0 Å². The number of methoxy groups -OCH3 is 1. The second-order valence-corrected chi connectivity index (χ2v) is 6.49. The van der Waals surface area contributed by atoms with Gasteiger partial charge in [-0.1, -0.05) is 23.2 Å². The zero-order valence-corrected chi connectivity index (χ0v) is 16.5. The molecular formula is C19H20Cl2N2O4. The van der Waals surface area contributed by atoms with Crippen LogP contribution in [0.25, 0.3) is 0 Å². The summed E-state index contributed by atoms with van der Waals surface area (Å²) in [6, 6.07) is 11.7. The summed E-state index contributed by atoms with van der Waals surface area (Å²) in [4.78, 5) is 25.7. The number of nitrogens with one attached hydrogen (secondary N) is 1. The first-order chi connectivity index (χ1) is 12.9. The monoisotopic (exact) mass is 410 g/mol. The van der Waals surface area contributed by atoms with Crippen molar-refractivity contribution in [3.05, 3.63) is 58.1 Å². The highest BCUT2D eigenvalue weighted by Gasteiger charge is 2.14. The molecular weight excluding hydrogens is 391 g/mol. The van der Waals surface area contributed by atoms with Crippen molar-refractivity contribution in [2.75, 3.05) is 33.9 Å². The van der Waals surface area contributed by atoms with Crippen LogP contribution in [0.3, 0.4) is 0 Å². The van der Waals surface area contributed by atoms with Crippen molar-refractivity contribution in [3.8, 4) is 11.5 Å². The Balaban J connectivity index is 1.75. The quantitative estimate of drug-likeness (QED) is 0.724. The molecule has 0 fully saturated rings. The molecule has 2 amide bonds. The molecule has 0 aliphatic heterocycles. The largest absolute Gasteiger partial charge is 0.497 e. The minimum absolute atomic E-state index is 0.142. The molecule has 0 saturated carbocycles. The van der Waals surface area contributed by atoms with Crippen LogP contribution in [0.5, 0.6) is 11.5 Å². The second-order valence-electron chi connectivity index (χ2n) is 5.65. The highest BCUT2D eigenvalue weighted by Crippen LogP contribution is 2.20. The summed E-state index contributed by atoms with van der Waals surface area (Å²) in [5, 5.41) is 3.21. The number of hydrogen-bond acceptors (Lipinski definition) is 4. The number of rotatable bonds is 8. The highest BCUT2D eigenvalue weighted by atomic mass is 35.5. The van der Waals surface area contributed by atoms with Gasteiger partial charge in [0.05, 0.1) is 30.8 Å². The summed E-state index contributed by atoms with van der Waals surface area (Å²) in [6.45, 7) is 0.560. The summed E-state index contributed by atoms with van der Waals surface area (Å²) < 4.78 is 10.7. The molecule has 144 valence electrons. The minimum Gasteiger partial charge on any atom is -0.497 e. The first kappa shape index (κ1) is 20.9. The van der Waals surface area contributed by atoms with Crippen LogP contribution in [0.1, 0.15) is 10.4 Å². The standard InChI is InChI=1S/C19H20Cl2N2O4/c1-23(9-10-27-15-6-4-14(26-2)5-7-15)18(24)12-22-19(25)16-8-3-13(20)11-17(16)21/h3-8,11H,9-10,12H2,1-2H3,(H,22,25). The van der Waals surface area contributed by atoms with Gasteiger partial charge in [-0.15, -0.1) is 0 Å². The number of hydrogen-bond donors (Lipinski definition) is 1. The number of benzene rings is 2. The molecule has 0 aliphatic rings. The molecule has 6 nitrogen and oxygen atoms in total. The predicted molar refractivity (Wildman–Crippen MR) is 105 cm³/mol. The van der Waals surface area contributed by atoms with Crippen LogP contribution < -0.4 is 14.8 Å². The van der Waals surface area contributed by atoms with E-state index in [1.165, 1.54) is 17.0 Å². The van der Waals surface area contributed by atoms with E-state index in [2.05, 4.69) is 5.32 Å². The summed E-state index contributed by atoms with van der Waals surface area (Å²) in [5.74, 6) is 0.744. The lowest BCUT2D eigenvalue weighted by Crippen LogP contribution is -2.39. The number of halogens is 2. The van der Waals surface area contributed by atoms with Crippen LogP contribution in [0.15, 0.2) is 42.5 Å². The summed E-state index contributed by atoms with van der Waals surface area (Å²) in [7, 11) is 3.23. The Labute approximate surface area is 168 Å². The molecule has 27 heavy (non-hydrogen) atoms. The zero-order valence-electron chi connectivity index (χ0n) is 15.0. The Morgan fingerprint density at radius 2 is 1.74 bits per heavy atom. The maximum Gasteiger partial charge on any atom is 0.253 e. The third-order valence-electron chi connectivity index (χ3n) is 3.76. The molecule has 0 spiro atoms. The van der Waals surface area contributed by atoms with Gasteiger partial charge in [-0.2, -0.15) is 0 Å². The van der Waals surface area contributed by atoms with E-state index >= 15 is 0 Å². The normalized spacial score (nSPS) is 10.2. The number of likely N-dealkylation sites (N-methyl/N-ethyl adjacent to an activating group) is 1. The van der Waals surface area contributed by atoms with Gasteiger partial charge in [0.25, 0.3) is 5.91 Å². The predicted octanol–water partition coefficient (Wildman–Crippen LogP) is 3.27. The van der Waals surface area contributed by atoms with E-state index in [-0.39, 0.29) is 23.0 Å². The van der Waals surface area contributed by atoms with E-state index < -0.39 is 5.91 Å². The Hall–Kier alpha value is -2.44. The number of carbonyl (C=O) groups is 2. The molecule has 8 heteroatoms. The molecule has 0 radical (unpaired) electrons. The summed E-state index contributed by atoms with van der Waals surface area (Å²) >= 11 is 11.8. The summed E-state index contributed by atoms with van der Waals surface area (Å²) in [6.07, 6.45) is 0. The van der Waals surface area contributed by atoms with Crippen LogP contribution in [-0.4, -0.2) is 50.6 Å². The topological polar surface area (TPSA) is 67.9 Å². The molecule has 0 aromatic heterocycles. The maximum absolute atomic E-state index is 12.1. The first-order valence-electron chi connectivity index (χ1n) is 8.14. The fourth-order valence-corrected chi connectivity index (χ4v) is 2.65. The number of amides is 2. The Bertz CT molecular complexity index is 797. The van der Waals surface area contributed by atoms with Gasteiger partial charge in [-0.3, -0.25) is 9.59 Å². The van der Waals surface area contributed by atoms with Crippen molar-refractivity contribution in [1.29, 1.82) is 0 Å². The van der Waals surface area contributed by atoms with Crippen LogP contribution in [0, 0.1) is 0 Å². The molecule has 2 aromatic carbocycles. The first-order valence-corrected chi connectivity index (χ1v) is 8.90. The molecule has 0 heterocycles. The number of ether oxygens (including phenoxy) is 2. The van der Waals surface area contributed by atoms with Crippen LogP contribution in [0.4, 0.5) is 0 Å². The van der Waals surface area contributed by atoms with E-state index in [0.717, 1.165) is 5.75 Å². The molecule has 1 N–H and O–H groups in total. The van der Waals surface area contributed by atoms with Crippen molar-refractivity contribution < 1.29 is 19.1 Å². The summed E-state index contributed by atoms with van der Waals surface area (Å²) in [5.41, 5.74) is 0.263.